The molecule has 81 heavy (non-hydrogen) atoms. The summed E-state index contributed by atoms with van der Waals surface area (Å²) < 4.78 is 0. The Balaban J connectivity index is 6.74. The van der Waals surface area contributed by atoms with Crippen molar-refractivity contribution in [1.82, 2.24) is 49.4 Å². The number of carbonyl (C=O) groups excluding carboxylic acids is 10. The first-order valence-electron chi connectivity index (χ1n) is 29.0. The van der Waals surface area contributed by atoms with E-state index in [1.807, 2.05) is 34.6 Å². The van der Waals surface area contributed by atoms with Gasteiger partial charge in [0.25, 0.3) is 0 Å². The normalized spacial score (nSPS) is 13.0. The smallest absolute Gasteiger partial charge is 0.242 e. The van der Waals surface area contributed by atoms with Crippen molar-refractivity contribution >= 4 is 59.1 Å². The fraction of sp³-hybridized carbons (Fsp3) is 0.818. The third kappa shape index (κ3) is 33.2. The lowest BCUT2D eigenvalue weighted by Crippen LogP contribution is -2.54. The van der Waals surface area contributed by atoms with Crippen molar-refractivity contribution in [2.24, 2.45) is 5.73 Å². The summed E-state index contributed by atoms with van der Waals surface area (Å²) in [7, 11) is 0. The summed E-state index contributed by atoms with van der Waals surface area (Å²) in [6.45, 7) is 11.1. The van der Waals surface area contributed by atoms with Gasteiger partial charge in [-0.25, -0.2) is 0 Å². The van der Waals surface area contributed by atoms with Crippen LogP contribution in [-0.4, -0.2) is 290 Å². The molecule has 0 aliphatic rings. The highest BCUT2D eigenvalue weighted by Crippen LogP contribution is 2.11. The van der Waals surface area contributed by atoms with Crippen LogP contribution < -0.4 is 11.1 Å². The van der Waals surface area contributed by atoms with Crippen molar-refractivity contribution in [2.45, 2.75) is 164 Å². The molecule has 26 nitrogen and oxygen atoms in total. The minimum Gasteiger partial charge on any atom is -0.392 e. The van der Waals surface area contributed by atoms with E-state index in [2.05, 4.69) is 5.32 Å². The van der Waals surface area contributed by atoms with Crippen molar-refractivity contribution in [1.29, 1.82) is 0 Å². The molecule has 0 heterocycles. The van der Waals surface area contributed by atoms with Crippen LogP contribution in [-0.2, 0) is 47.9 Å². The fourth-order valence-electron chi connectivity index (χ4n) is 8.33. The average Bonchev–Trinajstić information content (AvgIpc) is 3.40. The Hall–Kier alpha value is -5.54. The van der Waals surface area contributed by atoms with E-state index in [9.17, 15) is 73.5 Å². The number of hydrogen-bond donors (Lipinski definition) is 7. The van der Waals surface area contributed by atoms with Gasteiger partial charge in [0.05, 0.1) is 96.0 Å². The van der Waals surface area contributed by atoms with Gasteiger partial charge in [0, 0.05) is 58.9 Å². The van der Waals surface area contributed by atoms with E-state index in [4.69, 9.17) is 5.73 Å². The highest BCUT2D eigenvalue weighted by Gasteiger charge is 2.33. The van der Waals surface area contributed by atoms with Gasteiger partial charge in [-0.1, -0.05) is 66.7 Å². The molecule has 468 valence electrons. The van der Waals surface area contributed by atoms with Gasteiger partial charge in [0.15, 0.2) is 0 Å². The zero-order valence-electron chi connectivity index (χ0n) is 50.5. The van der Waals surface area contributed by atoms with Crippen LogP contribution in [0, 0.1) is 0 Å². The highest BCUT2D eigenvalue weighted by atomic mass is 16.3. The maximum Gasteiger partial charge on any atom is 0.242 e. The maximum absolute atomic E-state index is 14.3. The third-order valence-electron chi connectivity index (χ3n) is 12.7. The van der Waals surface area contributed by atoms with Crippen molar-refractivity contribution < 1.29 is 73.5 Å². The van der Waals surface area contributed by atoms with Gasteiger partial charge in [-0.3, -0.25) is 47.9 Å². The van der Waals surface area contributed by atoms with E-state index in [-0.39, 0.29) is 65.4 Å². The van der Waals surface area contributed by atoms with Gasteiger partial charge in [0.2, 0.25) is 59.1 Å². The van der Waals surface area contributed by atoms with Gasteiger partial charge < -0.3 is 80.7 Å². The molecule has 0 bridgehead atoms. The molecule has 0 saturated carbocycles. The first kappa shape index (κ1) is 75.5. The Morgan fingerprint density at radius 2 is 0.519 bits per heavy atom. The van der Waals surface area contributed by atoms with Gasteiger partial charge >= 0.3 is 0 Å². The minimum absolute atomic E-state index is 0.0624. The lowest BCUT2D eigenvalue weighted by Gasteiger charge is -2.33. The molecule has 0 fully saturated rings. The molecule has 10 amide bonds. The van der Waals surface area contributed by atoms with Crippen molar-refractivity contribution in [3.63, 3.8) is 0 Å². The molecule has 5 unspecified atom stereocenters. The van der Waals surface area contributed by atoms with Crippen LogP contribution in [0.1, 0.15) is 133 Å². The second-order valence-corrected chi connectivity index (χ2v) is 21.3. The van der Waals surface area contributed by atoms with E-state index in [0.717, 1.165) is 32.4 Å². The van der Waals surface area contributed by atoms with Crippen molar-refractivity contribution in [3.05, 3.63) is 0 Å². The van der Waals surface area contributed by atoms with Gasteiger partial charge in [-0.15, -0.1) is 0 Å². The van der Waals surface area contributed by atoms with Crippen LogP contribution in [0.4, 0.5) is 0 Å². The van der Waals surface area contributed by atoms with Gasteiger partial charge in [-0.2, -0.15) is 0 Å². The summed E-state index contributed by atoms with van der Waals surface area (Å²) in [6, 6.07) is 0. The Morgan fingerprint density at radius 1 is 0.321 bits per heavy atom. The minimum atomic E-state index is -1.17. The van der Waals surface area contributed by atoms with E-state index in [1.165, 1.54) is 59.1 Å². The van der Waals surface area contributed by atoms with Crippen LogP contribution in [0.15, 0.2) is 0 Å². The second-order valence-electron chi connectivity index (χ2n) is 21.3. The highest BCUT2D eigenvalue weighted by molar-refractivity contribution is 5.94. The van der Waals surface area contributed by atoms with Crippen molar-refractivity contribution in [2.75, 3.05) is 131 Å². The number of aliphatic hydroxyl groups is 5. The van der Waals surface area contributed by atoms with Crippen LogP contribution in [0.2, 0.25) is 0 Å². The fourth-order valence-corrected chi connectivity index (χ4v) is 8.33. The molecule has 8 N–H and O–H groups in total. The number of nitrogens with zero attached hydrogens (tertiary/aromatic N) is 9. The molecule has 0 aromatic carbocycles. The summed E-state index contributed by atoms with van der Waals surface area (Å²) in [4.78, 5) is 148. The summed E-state index contributed by atoms with van der Waals surface area (Å²) in [6.07, 6.45) is 0.684. The number of primary amides is 1. The quantitative estimate of drug-likeness (QED) is 0.0339. The molecule has 5 atom stereocenters. The Labute approximate surface area is 481 Å². The molecule has 0 rings (SSSR count). The summed E-state index contributed by atoms with van der Waals surface area (Å²) in [5.41, 5.74) is 5.35. The van der Waals surface area contributed by atoms with Crippen LogP contribution in [0.3, 0.4) is 0 Å². The van der Waals surface area contributed by atoms with Crippen LogP contribution in [0.25, 0.3) is 0 Å². The number of nitrogens with one attached hydrogen (secondary N) is 1. The topological polar surface area (TPSA) is 339 Å². The van der Waals surface area contributed by atoms with Crippen LogP contribution >= 0.6 is 0 Å². The zero-order chi connectivity index (χ0) is 61.8. The van der Waals surface area contributed by atoms with E-state index in [1.54, 1.807) is 0 Å². The number of rotatable bonds is 45. The third-order valence-corrected chi connectivity index (χ3v) is 12.7. The first-order valence-corrected chi connectivity index (χ1v) is 29.0. The number of amides is 10. The second kappa shape index (κ2) is 42.3. The number of unbranched alkanes of at least 4 members (excludes halogenated alkanes) is 5. The van der Waals surface area contributed by atoms with Gasteiger partial charge in [-0.05, 0) is 73.3 Å². The number of hydrogen-bond acceptors (Lipinski definition) is 16. The lowest BCUT2D eigenvalue weighted by atomic mass is 10.2. The first-order chi connectivity index (χ1) is 38.1. The Bertz CT molecular complexity index is 1930. The lowest BCUT2D eigenvalue weighted by molar-refractivity contribution is -0.150. The molecular weight excluding hydrogens is 1050 g/mol. The number of nitrogens with two attached hydrogens (primary N) is 1. The molecular formula is C55H103N11O15. The molecule has 0 spiro atoms. The predicted octanol–water partition coefficient (Wildman–Crippen LogP) is -1.58. The van der Waals surface area contributed by atoms with Crippen molar-refractivity contribution in [3.8, 4) is 0 Å². The summed E-state index contributed by atoms with van der Waals surface area (Å²) in [5, 5.41) is 54.7. The van der Waals surface area contributed by atoms with E-state index < -0.39 is 148 Å². The zero-order valence-corrected chi connectivity index (χ0v) is 50.5. The Morgan fingerprint density at radius 3 is 0.728 bits per heavy atom. The largest absolute Gasteiger partial charge is 0.392 e. The summed E-state index contributed by atoms with van der Waals surface area (Å²) >= 11 is 0. The van der Waals surface area contributed by atoms with E-state index in [0.29, 0.717) is 57.9 Å². The SMILES string of the molecule is CCCCNCC(=O)N(CC(=O)N(CC(=O)N(CCCC)CC(=O)N(CCCC)CC(=O)N(CC(=O)N(CC(=O)N(CCCC)CC(=O)N(CCCC)CC(=O)N(CC(N)=O)CC(C)O)CC(C)O)CC(C)O)CC(C)O)CC(C)O. The number of aliphatic hydroxyl groups excluding tert-OH is 5. The molecule has 26 heteroatoms. The van der Waals surface area contributed by atoms with E-state index >= 15 is 0 Å². The van der Waals surface area contributed by atoms with Crippen LogP contribution in [0.5, 0.6) is 0 Å². The maximum atomic E-state index is 14.3. The molecule has 0 aromatic heterocycles. The average molecular weight is 1160 g/mol. The van der Waals surface area contributed by atoms with Gasteiger partial charge in [0.1, 0.15) is 0 Å². The molecule has 0 saturated heterocycles. The summed E-state index contributed by atoms with van der Waals surface area (Å²) in [5.74, 6) is -6.69. The monoisotopic (exact) mass is 1160 g/mol. The molecule has 0 radical (unpaired) electrons. The Kier molecular flexibility index (Phi) is 39.4. The molecule has 0 aliphatic carbocycles. The molecule has 0 aliphatic heterocycles. The predicted molar refractivity (Wildman–Crippen MR) is 304 cm³/mol. The molecule has 0 aromatic rings. The standard InChI is InChI=1S/C55H103N11O15/c1-11-16-21-57-26-47(73)63(28-42(7)68)39-54(80)64(29-43(8)69)37-50(76)59(23-18-13-3)34-49(75)61(25-20-15-5)36-53(79)66(31-45(10)71)40-55(81)65(30-44(9)70)38-51(77)58(22-17-12-2)33-48(74)60(24-19-14-4)35-52(78)62(27-41(6)67)32-46(56)72/h41-45,57,67-71H,11-40H2,1-10H3,(H2,56,72). The number of carbonyl (C=O) groups is 10.